The highest BCUT2D eigenvalue weighted by Crippen LogP contribution is 2.26. The Kier molecular flexibility index (Phi) is 6.25. The minimum Gasteiger partial charge on any atom is -0.354 e. The molecule has 1 aromatic carbocycles. The number of hydrogen-bond acceptors (Lipinski definition) is 4. The molecule has 1 aliphatic rings. The number of nitrogens with two attached hydrogens (primary N) is 1. The predicted molar refractivity (Wildman–Crippen MR) is 84.6 cm³/mol. The van der Waals surface area contributed by atoms with E-state index in [2.05, 4.69) is 5.32 Å². The number of nitrogens with one attached hydrogen (secondary N) is 1. The first-order chi connectivity index (χ1) is 11.3. The third kappa shape index (κ3) is 4.49. The van der Waals surface area contributed by atoms with E-state index in [1.54, 1.807) is 0 Å². The normalized spacial score (nSPS) is 19.2. The lowest BCUT2D eigenvalue weighted by molar-refractivity contribution is -0.121. The molecule has 0 bridgehead atoms. The fraction of sp³-hybridized carbons (Fsp3) is 0.533. The zero-order valence-electron chi connectivity index (χ0n) is 13.2. The van der Waals surface area contributed by atoms with Gasteiger partial charge in [0.25, 0.3) is 0 Å². The van der Waals surface area contributed by atoms with Crippen LogP contribution in [0.25, 0.3) is 0 Å². The third-order valence-corrected chi connectivity index (χ3v) is 5.85. The molecule has 0 aromatic heterocycles. The third-order valence-electron chi connectivity index (χ3n) is 3.92. The average Bonchev–Trinajstić information content (AvgIpc) is 2.52. The second-order valence-electron chi connectivity index (χ2n) is 5.71. The molecule has 1 aromatic rings. The number of sulfonamides is 1. The minimum atomic E-state index is -4.04. The Labute approximate surface area is 140 Å². The summed E-state index contributed by atoms with van der Waals surface area (Å²) in [7, 11) is -4.04. The topological polar surface area (TPSA) is 92.5 Å². The van der Waals surface area contributed by atoms with Crippen molar-refractivity contribution in [1.29, 1.82) is 0 Å². The molecule has 24 heavy (non-hydrogen) atoms. The first-order valence-electron chi connectivity index (χ1n) is 7.79. The number of carbonyl (C=O) groups is 1. The van der Waals surface area contributed by atoms with E-state index in [-0.39, 0.29) is 32.0 Å². The lowest BCUT2D eigenvalue weighted by atomic mass is 10.1. The van der Waals surface area contributed by atoms with Crippen molar-refractivity contribution in [3.8, 4) is 0 Å². The molecular weight excluding hydrogens is 340 g/mol. The summed E-state index contributed by atoms with van der Waals surface area (Å²) in [6.07, 6.45) is 2.21. The van der Waals surface area contributed by atoms with Crippen LogP contribution >= 0.6 is 0 Å². The van der Waals surface area contributed by atoms with E-state index in [0.717, 1.165) is 18.6 Å². The maximum absolute atomic E-state index is 13.4. The molecule has 0 radical (unpaired) electrons. The molecule has 9 heteroatoms. The highest BCUT2D eigenvalue weighted by molar-refractivity contribution is 7.89. The lowest BCUT2D eigenvalue weighted by Gasteiger charge is -2.34. The van der Waals surface area contributed by atoms with E-state index in [4.69, 9.17) is 5.73 Å². The van der Waals surface area contributed by atoms with Gasteiger partial charge in [-0.2, -0.15) is 4.31 Å². The number of amides is 1. The first-order valence-corrected chi connectivity index (χ1v) is 9.23. The number of halogens is 2. The highest BCUT2D eigenvalue weighted by Gasteiger charge is 2.34. The van der Waals surface area contributed by atoms with Gasteiger partial charge in [-0.1, -0.05) is 6.42 Å². The van der Waals surface area contributed by atoms with Crippen LogP contribution in [-0.2, 0) is 14.8 Å². The fourth-order valence-corrected chi connectivity index (χ4v) is 4.49. The summed E-state index contributed by atoms with van der Waals surface area (Å²) in [6.45, 7) is 0.606. The van der Waals surface area contributed by atoms with Gasteiger partial charge in [0.05, 0.1) is 4.90 Å². The molecule has 0 saturated carbocycles. The summed E-state index contributed by atoms with van der Waals surface area (Å²) in [6, 6.07) is 1.78. The molecule has 0 spiro atoms. The van der Waals surface area contributed by atoms with Gasteiger partial charge in [-0.15, -0.1) is 0 Å². The Hall–Kier alpha value is -1.58. The van der Waals surface area contributed by atoms with Crippen molar-refractivity contribution >= 4 is 15.9 Å². The van der Waals surface area contributed by atoms with Crippen LogP contribution in [0.5, 0.6) is 0 Å². The van der Waals surface area contributed by atoms with Crippen LogP contribution in [0.4, 0.5) is 8.78 Å². The Bertz CT molecular complexity index is 677. The van der Waals surface area contributed by atoms with Gasteiger partial charge in [0.2, 0.25) is 15.9 Å². The van der Waals surface area contributed by atoms with Crippen LogP contribution in [0, 0.1) is 11.6 Å². The SMILES string of the molecule is NCCC(=O)NCC1CCCCN1S(=O)(=O)c1cc(F)cc(F)c1. The largest absolute Gasteiger partial charge is 0.354 e. The average molecular weight is 361 g/mol. The van der Waals surface area contributed by atoms with Gasteiger partial charge in [-0.05, 0) is 25.0 Å². The van der Waals surface area contributed by atoms with E-state index in [0.29, 0.717) is 18.9 Å². The standard InChI is InChI=1S/C15H21F2N3O3S/c16-11-7-12(17)9-14(8-11)24(22,23)20-6-2-1-3-13(20)10-19-15(21)4-5-18/h7-9,13H,1-6,10,18H2,(H,19,21). The van der Waals surface area contributed by atoms with E-state index >= 15 is 0 Å². The highest BCUT2D eigenvalue weighted by atomic mass is 32.2. The summed E-state index contributed by atoms with van der Waals surface area (Å²) < 4.78 is 53.4. The van der Waals surface area contributed by atoms with Crippen LogP contribution < -0.4 is 11.1 Å². The molecule has 1 saturated heterocycles. The molecule has 1 amide bonds. The Balaban J connectivity index is 2.20. The number of nitrogens with zero attached hydrogens (tertiary/aromatic N) is 1. The molecule has 134 valence electrons. The van der Waals surface area contributed by atoms with Gasteiger partial charge in [-0.25, -0.2) is 17.2 Å². The summed E-state index contributed by atoms with van der Waals surface area (Å²) in [5.74, 6) is -2.14. The fourth-order valence-electron chi connectivity index (χ4n) is 2.76. The molecule has 1 fully saturated rings. The molecule has 1 unspecified atom stereocenters. The quantitative estimate of drug-likeness (QED) is 0.790. The van der Waals surface area contributed by atoms with Crippen molar-refractivity contribution in [3.63, 3.8) is 0 Å². The summed E-state index contributed by atoms with van der Waals surface area (Å²) in [5.41, 5.74) is 5.30. The van der Waals surface area contributed by atoms with Crippen LogP contribution in [0.1, 0.15) is 25.7 Å². The maximum atomic E-state index is 13.4. The molecule has 1 atom stereocenters. The van der Waals surface area contributed by atoms with Gasteiger partial charge in [0, 0.05) is 38.2 Å². The Morgan fingerprint density at radius 2 is 1.92 bits per heavy atom. The van der Waals surface area contributed by atoms with E-state index in [9.17, 15) is 22.0 Å². The number of hydrogen-bond donors (Lipinski definition) is 2. The Morgan fingerprint density at radius 1 is 1.25 bits per heavy atom. The first kappa shape index (κ1) is 18.8. The van der Waals surface area contributed by atoms with Crippen LogP contribution in [0.15, 0.2) is 23.1 Å². The number of rotatable bonds is 6. The van der Waals surface area contributed by atoms with Gasteiger partial charge in [0.15, 0.2) is 0 Å². The molecular formula is C15H21F2N3O3S. The van der Waals surface area contributed by atoms with Crippen LogP contribution in [-0.4, -0.2) is 44.3 Å². The smallest absolute Gasteiger partial charge is 0.243 e. The van der Waals surface area contributed by atoms with Gasteiger partial charge < -0.3 is 11.1 Å². The van der Waals surface area contributed by atoms with Gasteiger partial charge >= 0.3 is 0 Å². The van der Waals surface area contributed by atoms with Crippen molar-refractivity contribution in [2.45, 2.75) is 36.6 Å². The van der Waals surface area contributed by atoms with Crippen molar-refractivity contribution in [3.05, 3.63) is 29.8 Å². The van der Waals surface area contributed by atoms with Crippen LogP contribution in [0.2, 0.25) is 0 Å². The summed E-state index contributed by atoms with van der Waals surface area (Å²) in [4.78, 5) is 11.1. The number of carbonyl (C=O) groups excluding carboxylic acids is 1. The van der Waals surface area contributed by atoms with E-state index < -0.39 is 32.6 Å². The van der Waals surface area contributed by atoms with Crippen molar-refractivity contribution < 1.29 is 22.0 Å². The zero-order valence-corrected chi connectivity index (χ0v) is 14.0. The Morgan fingerprint density at radius 3 is 2.54 bits per heavy atom. The molecule has 2 rings (SSSR count). The van der Waals surface area contributed by atoms with Gasteiger partial charge in [0.1, 0.15) is 11.6 Å². The van der Waals surface area contributed by atoms with Crippen LogP contribution in [0.3, 0.4) is 0 Å². The maximum Gasteiger partial charge on any atom is 0.243 e. The molecule has 3 N–H and O–H groups in total. The molecule has 1 heterocycles. The molecule has 6 nitrogen and oxygen atoms in total. The summed E-state index contributed by atoms with van der Waals surface area (Å²) in [5, 5.41) is 2.66. The van der Waals surface area contributed by atoms with E-state index in [1.807, 2.05) is 0 Å². The van der Waals surface area contributed by atoms with Crippen molar-refractivity contribution in [1.82, 2.24) is 9.62 Å². The zero-order chi connectivity index (χ0) is 17.7. The monoisotopic (exact) mass is 361 g/mol. The summed E-state index contributed by atoms with van der Waals surface area (Å²) >= 11 is 0. The predicted octanol–water partition coefficient (Wildman–Crippen LogP) is 0.973. The van der Waals surface area contributed by atoms with Gasteiger partial charge in [-0.3, -0.25) is 4.79 Å². The minimum absolute atomic E-state index is 0.149. The second-order valence-corrected chi connectivity index (χ2v) is 7.60. The molecule has 1 aliphatic heterocycles. The van der Waals surface area contributed by atoms with Crippen molar-refractivity contribution in [2.24, 2.45) is 5.73 Å². The lowest BCUT2D eigenvalue weighted by Crippen LogP contribution is -2.49. The molecule has 0 aliphatic carbocycles. The van der Waals surface area contributed by atoms with Crippen molar-refractivity contribution in [2.75, 3.05) is 19.6 Å². The second kappa shape index (κ2) is 8.00. The number of benzene rings is 1. The van der Waals surface area contributed by atoms with E-state index in [1.165, 1.54) is 4.31 Å². The number of piperidine rings is 1.